The third kappa shape index (κ3) is 7.26. The van der Waals surface area contributed by atoms with Gasteiger partial charge in [0.2, 0.25) is 11.8 Å². The largest absolute Gasteiger partial charge is 0.497 e. The van der Waals surface area contributed by atoms with Crippen molar-refractivity contribution in [2.24, 2.45) is 0 Å². The van der Waals surface area contributed by atoms with Crippen molar-refractivity contribution in [3.8, 4) is 11.5 Å². The molecular formula is C29H36N4O8. The van der Waals surface area contributed by atoms with Gasteiger partial charge in [0.1, 0.15) is 29.2 Å². The molecule has 41 heavy (non-hydrogen) atoms. The van der Waals surface area contributed by atoms with E-state index >= 15 is 0 Å². The Labute approximate surface area is 238 Å². The van der Waals surface area contributed by atoms with Crippen molar-refractivity contribution in [1.82, 2.24) is 15.3 Å². The molecular weight excluding hydrogens is 532 g/mol. The van der Waals surface area contributed by atoms with E-state index in [4.69, 9.17) is 19.4 Å². The first-order chi connectivity index (χ1) is 19.5. The van der Waals surface area contributed by atoms with Gasteiger partial charge in [-0.15, -0.1) is 0 Å². The lowest BCUT2D eigenvalue weighted by molar-refractivity contribution is -0.143. The van der Waals surface area contributed by atoms with Crippen LogP contribution in [0.1, 0.15) is 44.7 Å². The van der Waals surface area contributed by atoms with E-state index in [0.717, 1.165) is 11.1 Å². The number of hydroxylamine groups is 1. The molecule has 2 heterocycles. The molecule has 2 aliphatic rings. The molecule has 4 amide bonds. The van der Waals surface area contributed by atoms with E-state index in [9.17, 15) is 19.2 Å². The zero-order chi connectivity index (χ0) is 29.7. The summed E-state index contributed by atoms with van der Waals surface area (Å²) in [6.45, 7) is 5.38. The van der Waals surface area contributed by atoms with Crippen LogP contribution in [0.25, 0.3) is 0 Å². The summed E-state index contributed by atoms with van der Waals surface area (Å²) in [5.74, 6) is -0.407. The Hall–Kier alpha value is -4.32. The monoisotopic (exact) mass is 568 g/mol. The third-order valence-electron chi connectivity index (χ3n) is 6.91. The number of ether oxygens (including phenoxy) is 3. The minimum Gasteiger partial charge on any atom is -0.497 e. The van der Waals surface area contributed by atoms with Crippen LogP contribution < -0.4 is 20.3 Å². The fourth-order valence-electron chi connectivity index (χ4n) is 4.95. The van der Waals surface area contributed by atoms with E-state index in [-0.39, 0.29) is 24.8 Å². The summed E-state index contributed by atoms with van der Waals surface area (Å²) < 4.78 is 16.2. The highest BCUT2D eigenvalue weighted by atomic mass is 16.6. The molecule has 0 bridgehead atoms. The van der Waals surface area contributed by atoms with E-state index in [1.165, 1.54) is 15.3 Å². The normalized spacial score (nSPS) is 18.3. The molecule has 2 aliphatic heterocycles. The number of hydrogen-bond acceptors (Lipinski definition) is 8. The summed E-state index contributed by atoms with van der Waals surface area (Å²) in [5, 5.41) is 11.6. The Morgan fingerprint density at radius 2 is 1.68 bits per heavy atom. The standard InChI is InChI=1S/C29H36N4O8/c1-29(2,3)41-28(37)32-13-5-6-23(32)27(36)33-16-19-14-22(40-17-25(34)31-38)10-7-18(19)15-24(33)26(35)30-20-8-11-21(39-4)12-9-20/h7-12,14,23-24,38H,5-6,13,15-17H2,1-4H3,(H,30,35)(H,31,34)/t23-,24-/m0/s1. The molecule has 0 saturated carbocycles. The number of nitrogens with one attached hydrogen (secondary N) is 2. The van der Waals surface area contributed by atoms with Gasteiger partial charge in [-0.25, -0.2) is 10.3 Å². The number of amides is 4. The summed E-state index contributed by atoms with van der Waals surface area (Å²) in [7, 11) is 1.55. The van der Waals surface area contributed by atoms with Crippen LogP contribution in [0, 0.1) is 0 Å². The molecule has 0 unspecified atom stereocenters. The van der Waals surface area contributed by atoms with E-state index in [1.807, 2.05) is 0 Å². The second kappa shape index (κ2) is 12.5. The van der Waals surface area contributed by atoms with Crippen LogP contribution in [0.2, 0.25) is 0 Å². The Bertz CT molecular complexity index is 1290. The maximum atomic E-state index is 14.0. The number of carbonyl (C=O) groups is 4. The van der Waals surface area contributed by atoms with Gasteiger partial charge >= 0.3 is 6.09 Å². The highest BCUT2D eigenvalue weighted by Crippen LogP contribution is 2.31. The molecule has 2 atom stereocenters. The molecule has 1 saturated heterocycles. The maximum absolute atomic E-state index is 14.0. The highest BCUT2D eigenvalue weighted by molar-refractivity contribution is 5.99. The van der Waals surface area contributed by atoms with Crippen molar-refractivity contribution in [3.63, 3.8) is 0 Å². The van der Waals surface area contributed by atoms with Crippen LogP contribution >= 0.6 is 0 Å². The Morgan fingerprint density at radius 1 is 0.976 bits per heavy atom. The van der Waals surface area contributed by atoms with Gasteiger partial charge in [-0.2, -0.15) is 0 Å². The topological polar surface area (TPSA) is 147 Å². The molecule has 2 aromatic rings. The third-order valence-corrected chi connectivity index (χ3v) is 6.91. The van der Waals surface area contributed by atoms with E-state index < -0.39 is 36.3 Å². The van der Waals surface area contributed by atoms with Gasteiger partial charge in [-0.05, 0) is 81.1 Å². The first-order valence-electron chi connectivity index (χ1n) is 13.4. The summed E-state index contributed by atoms with van der Waals surface area (Å²) in [6.07, 6.45) is 0.754. The quantitative estimate of drug-likeness (QED) is 0.341. The average molecular weight is 569 g/mol. The molecule has 4 rings (SSSR count). The number of hydrogen-bond donors (Lipinski definition) is 3. The Balaban J connectivity index is 1.61. The number of anilines is 1. The Kier molecular flexibility index (Phi) is 9.01. The number of methoxy groups -OCH3 is 1. The van der Waals surface area contributed by atoms with Gasteiger partial charge < -0.3 is 24.4 Å². The number of fused-ring (bicyclic) bond motifs is 1. The van der Waals surface area contributed by atoms with E-state index in [2.05, 4.69) is 5.32 Å². The fourth-order valence-corrected chi connectivity index (χ4v) is 4.95. The average Bonchev–Trinajstić information content (AvgIpc) is 3.44. The minimum atomic E-state index is -0.842. The fraction of sp³-hybridized carbons (Fsp3) is 0.448. The second-order valence-electron chi connectivity index (χ2n) is 11.0. The number of nitrogens with zero attached hydrogens (tertiary/aromatic N) is 2. The summed E-state index contributed by atoms with van der Waals surface area (Å²) in [6, 6.07) is 10.4. The second-order valence-corrected chi connectivity index (χ2v) is 11.0. The molecule has 12 nitrogen and oxygen atoms in total. The molecule has 12 heteroatoms. The smallest absolute Gasteiger partial charge is 0.410 e. The van der Waals surface area contributed by atoms with Crippen LogP contribution in [-0.2, 0) is 32.1 Å². The van der Waals surface area contributed by atoms with Crippen molar-refractivity contribution in [2.75, 3.05) is 25.6 Å². The van der Waals surface area contributed by atoms with Gasteiger partial charge in [0.05, 0.1) is 7.11 Å². The first-order valence-corrected chi connectivity index (χ1v) is 13.4. The Morgan fingerprint density at radius 3 is 2.34 bits per heavy atom. The maximum Gasteiger partial charge on any atom is 0.410 e. The van der Waals surface area contributed by atoms with E-state index in [1.54, 1.807) is 70.3 Å². The van der Waals surface area contributed by atoms with Crippen LogP contribution in [0.15, 0.2) is 42.5 Å². The molecule has 0 aromatic heterocycles. The lowest BCUT2D eigenvalue weighted by atomic mass is 9.92. The molecule has 1 fully saturated rings. The van der Waals surface area contributed by atoms with Crippen molar-refractivity contribution >= 4 is 29.5 Å². The predicted molar refractivity (Wildman–Crippen MR) is 147 cm³/mol. The van der Waals surface area contributed by atoms with Crippen LogP contribution in [0.3, 0.4) is 0 Å². The van der Waals surface area contributed by atoms with Gasteiger partial charge in [-0.1, -0.05) is 6.07 Å². The zero-order valence-electron chi connectivity index (χ0n) is 23.6. The van der Waals surface area contributed by atoms with Crippen molar-refractivity contribution in [1.29, 1.82) is 0 Å². The number of likely N-dealkylation sites (tertiary alicyclic amines) is 1. The summed E-state index contributed by atoms with van der Waals surface area (Å²) >= 11 is 0. The van der Waals surface area contributed by atoms with Gasteiger partial charge in [-0.3, -0.25) is 24.5 Å². The first kappa shape index (κ1) is 29.7. The molecule has 220 valence electrons. The molecule has 2 aromatic carbocycles. The van der Waals surface area contributed by atoms with Gasteiger partial charge in [0.15, 0.2) is 6.61 Å². The van der Waals surface area contributed by atoms with Gasteiger partial charge in [0, 0.05) is 25.2 Å². The number of carbonyl (C=O) groups excluding carboxylic acids is 4. The van der Waals surface area contributed by atoms with Crippen molar-refractivity contribution in [2.45, 2.75) is 64.3 Å². The SMILES string of the molecule is COc1ccc(NC(=O)[C@@H]2Cc3ccc(OCC(=O)NO)cc3CN2C(=O)[C@@H]2CCCN2C(=O)OC(C)(C)C)cc1. The summed E-state index contributed by atoms with van der Waals surface area (Å²) in [5.41, 5.74) is 2.93. The number of benzene rings is 2. The van der Waals surface area contributed by atoms with Crippen molar-refractivity contribution < 1.29 is 38.6 Å². The molecule has 0 radical (unpaired) electrons. The molecule has 0 spiro atoms. The number of rotatable bonds is 7. The summed E-state index contributed by atoms with van der Waals surface area (Å²) in [4.78, 5) is 54.9. The van der Waals surface area contributed by atoms with Crippen LogP contribution in [0.5, 0.6) is 11.5 Å². The highest BCUT2D eigenvalue weighted by Gasteiger charge is 2.43. The van der Waals surface area contributed by atoms with Gasteiger partial charge in [0.25, 0.3) is 5.91 Å². The lowest BCUT2D eigenvalue weighted by Gasteiger charge is -2.39. The molecule has 0 aliphatic carbocycles. The van der Waals surface area contributed by atoms with E-state index in [0.29, 0.717) is 36.6 Å². The van der Waals surface area contributed by atoms with Crippen molar-refractivity contribution in [3.05, 3.63) is 53.6 Å². The van der Waals surface area contributed by atoms with Crippen LogP contribution in [0.4, 0.5) is 10.5 Å². The van der Waals surface area contributed by atoms with Crippen LogP contribution in [-0.4, -0.2) is 76.8 Å². The molecule has 3 N–H and O–H groups in total. The minimum absolute atomic E-state index is 0.0942. The zero-order valence-corrected chi connectivity index (χ0v) is 23.6. The lowest BCUT2D eigenvalue weighted by Crippen LogP contribution is -2.56. The predicted octanol–water partition coefficient (Wildman–Crippen LogP) is 2.87.